The second kappa shape index (κ2) is 11.5. The van der Waals surface area contributed by atoms with Crippen molar-refractivity contribution in [3.63, 3.8) is 0 Å². The summed E-state index contributed by atoms with van der Waals surface area (Å²) in [5.41, 5.74) is 1.21. The van der Waals surface area contributed by atoms with Gasteiger partial charge in [-0.25, -0.2) is 0 Å². The molecule has 1 aromatic rings. The Labute approximate surface area is 190 Å². The molecule has 2 heterocycles. The van der Waals surface area contributed by atoms with E-state index in [1.807, 2.05) is 0 Å². The van der Waals surface area contributed by atoms with Gasteiger partial charge in [0.1, 0.15) is 11.8 Å². The van der Waals surface area contributed by atoms with E-state index in [-0.39, 0.29) is 31.2 Å². The zero-order valence-corrected chi connectivity index (χ0v) is 19.0. The van der Waals surface area contributed by atoms with Gasteiger partial charge in [0.05, 0.1) is 6.54 Å². The fourth-order valence-electron chi connectivity index (χ4n) is 4.27. The van der Waals surface area contributed by atoms with Crippen LogP contribution in [0.1, 0.15) is 80.1 Å². The molecule has 2 atom stereocenters. The van der Waals surface area contributed by atoms with Crippen LogP contribution < -0.4 is 5.32 Å². The number of hydrogen-bond donors (Lipinski definition) is 2. The molecule has 3 amide bonds. The first-order valence-electron chi connectivity index (χ1n) is 11.2. The minimum atomic E-state index is -1.23. The second-order valence-corrected chi connectivity index (χ2v) is 9.89. The molecular formula is C23H30N2O6S. The number of aliphatic carboxylic acids is 1. The minimum absolute atomic E-state index is 0.203. The van der Waals surface area contributed by atoms with Gasteiger partial charge in [-0.3, -0.25) is 24.5 Å². The Morgan fingerprint density at radius 2 is 1.78 bits per heavy atom. The number of imide groups is 1. The highest BCUT2D eigenvalue weighted by atomic mass is 32.2. The van der Waals surface area contributed by atoms with E-state index in [2.05, 4.69) is 5.32 Å². The summed E-state index contributed by atoms with van der Waals surface area (Å²) in [5, 5.41) is 10.9. The van der Waals surface area contributed by atoms with E-state index in [4.69, 9.17) is 5.11 Å². The highest BCUT2D eigenvalue weighted by Gasteiger charge is 2.41. The number of unbranched alkanes of at least 4 members (excludes halogenated alkanes) is 6. The maximum Gasteiger partial charge on any atom is 0.303 e. The molecule has 1 aromatic carbocycles. The van der Waals surface area contributed by atoms with Crippen molar-refractivity contribution in [1.29, 1.82) is 0 Å². The van der Waals surface area contributed by atoms with Crippen LogP contribution in [0.3, 0.4) is 0 Å². The fourth-order valence-corrected chi connectivity index (χ4v) is 5.64. The van der Waals surface area contributed by atoms with Crippen molar-refractivity contribution in [2.75, 3.05) is 5.75 Å². The maximum absolute atomic E-state index is 12.9. The molecule has 0 saturated carbocycles. The summed E-state index contributed by atoms with van der Waals surface area (Å²) >= 11 is -1.23. The summed E-state index contributed by atoms with van der Waals surface area (Å²) in [6.45, 7) is 0.235. The monoisotopic (exact) mass is 462 g/mol. The predicted octanol–water partition coefficient (Wildman–Crippen LogP) is 2.76. The molecule has 0 bridgehead atoms. The number of fused-ring (bicyclic) bond motifs is 1. The predicted molar refractivity (Wildman–Crippen MR) is 118 cm³/mol. The largest absolute Gasteiger partial charge is 0.611 e. The van der Waals surface area contributed by atoms with E-state index in [0.717, 1.165) is 44.1 Å². The number of hydrogen-bond acceptors (Lipinski definition) is 5. The van der Waals surface area contributed by atoms with Crippen LogP contribution >= 0.6 is 0 Å². The summed E-state index contributed by atoms with van der Waals surface area (Å²) in [7, 11) is 0. The van der Waals surface area contributed by atoms with Crippen LogP contribution in [0.15, 0.2) is 23.1 Å². The van der Waals surface area contributed by atoms with Crippen LogP contribution in [0.5, 0.6) is 0 Å². The van der Waals surface area contributed by atoms with Gasteiger partial charge in [-0.1, -0.05) is 31.7 Å². The van der Waals surface area contributed by atoms with Crippen LogP contribution in [0.4, 0.5) is 0 Å². The summed E-state index contributed by atoms with van der Waals surface area (Å²) in [4.78, 5) is 49.1. The summed E-state index contributed by atoms with van der Waals surface area (Å²) < 4.78 is 12.9. The van der Waals surface area contributed by atoms with Crippen molar-refractivity contribution < 1.29 is 28.8 Å². The number of carboxylic acid groups (broad SMARTS) is 1. The van der Waals surface area contributed by atoms with Crippen LogP contribution in [0, 0.1) is 0 Å². The van der Waals surface area contributed by atoms with Crippen LogP contribution in [0.2, 0.25) is 0 Å². The van der Waals surface area contributed by atoms with Crippen molar-refractivity contribution in [2.24, 2.45) is 0 Å². The number of rotatable bonds is 12. The van der Waals surface area contributed by atoms with Gasteiger partial charge in [-0.2, -0.15) is 0 Å². The van der Waals surface area contributed by atoms with E-state index in [9.17, 15) is 23.7 Å². The average Bonchev–Trinajstić information content (AvgIpc) is 3.08. The van der Waals surface area contributed by atoms with Crippen molar-refractivity contribution in [3.05, 3.63) is 29.3 Å². The molecule has 2 N–H and O–H groups in total. The standard InChI is InChI=1S/C23H30N2O6S/c26-20-13-12-18(22(29)24-20)25-15-17-16(23(25)30)9-8-10-19(17)32(31)14-7-5-3-1-2-4-6-11-21(27)28/h8-10,18H,1-7,11-15H2,(H,27,28)(H,24,26,29). The van der Waals surface area contributed by atoms with Gasteiger partial charge >= 0.3 is 5.97 Å². The summed E-state index contributed by atoms with van der Waals surface area (Å²) in [5.74, 6) is -1.26. The Hall–Kier alpha value is -2.39. The molecule has 9 heteroatoms. The van der Waals surface area contributed by atoms with Gasteiger partial charge < -0.3 is 14.6 Å². The molecule has 1 fully saturated rings. The highest BCUT2D eigenvalue weighted by molar-refractivity contribution is 7.91. The molecule has 0 radical (unpaired) electrons. The van der Waals surface area contributed by atoms with Crippen LogP contribution in [-0.2, 0) is 32.1 Å². The molecule has 174 valence electrons. The lowest BCUT2D eigenvalue weighted by molar-refractivity contribution is -0.138. The molecular weight excluding hydrogens is 432 g/mol. The Kier molecular flexibility index (Phi) is 8.69. The number of nitrogens with one attached hydrogen (secondary N) is 1. The molecule has 1 saturated heterocycles. The first-order chi connectivity index (χ1) is 15.4. The molecule has 3 rings (SSSR count). The fraction of sp³-hybridized carbons (Fsp3) is 0.565. The van der Waals surface area contributed by atoms with Crippen molar-refractivity contribution in [2.45, 2.75) is 81.7 Å². The molecule has 2 unspecified atom stereocenters. The Balaban J connectivity index is 1.48. The maximum atomic E-state index is 12.9. The van der Waals surface area contributed by atoms with E-state index in [1.165, 1.54) is 4.90 Å². The number of benzene rings is 1. The zero-order valence-electron chi connectivity index (χ0n) is 18.1. The number of amides is 3. The lowest BCUT2D eigenvalue weighted by Gasteiger charge is -2.29. The van der Waals surface area contributed by atoms with Gasteiger partial charge in [0, 0.05) is 24.0 Å². The molecule has 0 aliphatic carbocycles. The van der Waals surface area contributed by atoms with E-state index in [1.54, 1.807) is 18.2 Å². The number of nitrogens with zero attached hydrogens (tertiary/aromatic N) is 1. The van der Waals surface area contributed by atoms with Gasteiger partial charge in [0.25, 0.3) is 5.91 Å². The average molecular weight is 463 g/mol. The first-order valence-corrected chi connectivity index (χ1v) is 12.6. The van der Waals surface area contributed by atoms with Gasteiger partial charge in [0.2, 0.25) is 11.8 Å². The van der Waals surface area contributed by atoms with Gasteiger partial charge in [0.15, 0.2) is 4.90 Å². The number of piperidine rings is 1. The lowest BCUT2D eigenvalue weighted by atomic mass is 10.0. The van der Waals surface area contributed by atoms with Gasteiger partial charge in [-0.15, -0.1) is 0 Å². The minimum Gasteiger partial charge on any atom is -0.611 e. The Morgan fingerprint density at radius 3 is 2.47 bits per heavy atom. The Bertz CT molecular complexity index is 874. The van der Waals surface area contributed by atoms with Crippen molar-refractivity contribution in [3.8, 4) is 0 Å². The molecule has 32 heavy (non-hydrogen) atoms. The summed E-state index contributed by atoms with van der Waals surface area (Å²) in [6, 6.07) is 4.55. The van der Waals surface area contributed by atoms with E-state index < -0.39 is 29.1 Å². The van der Waals surface area contributed by atoms with Crippen LogP contribution in [-0.4, -0.2) is 50.0 Å². The van der Waals surface area contributed by atoms with Crippen molar-refractivity contribution >= 4 is 34.9 Å². The highest BCUT2D eigenvalue weighted by Crippen LogP contribution is 2.32. The van der Waals surface area contributed by atoms with E-state index in [0.29, 0.717) is 29.1 Å². The Morgan fingerprint density at radius 1 is 1.09 bits per heavy atom. The molecule has 2 aliphatic heterocycles. The summed E-state index contributed by atoms with van der Waals surface area (Å²) in [6.07, 6.45) is 7.23. The molecule has 2 aliphatic rings. The zero-order chi connectivity index (χ0) is 23.1. The smallest absolute Gasteiger partial charge is 0.303 e. The van der Waals surface area contributed by atoms with Crippen LogP contribution in [0.25, 0.3) is 0 Å². The molecule has 8 nitrogen and oxygen atoms in total. The first kappa shape index (κ1) is 24.3. The quantitative estimate of drug-likeness (QED) is 0.279. The topological polar surface area (TPSA) is 127 Å². The van der Waals surface area contributed by atoms with Gasteiger partial charge in [-0.05, 0) is 49.0 Å². The lowest BCUT2D eigenvalue weighted by Crippen LogP contribution is -2.52. The third-order valence-electron chi connectivity index (χ3n) is 6.00. The SMILES string of the molecule is O=C(O)CCCCCCCCC[S+]([O-])c1cccc2c1CN(C1CCC(=O)NC1=O)C2=O. The third kappa shape index (κ3) is 6.10. The third-order valence-corrected chi connectivity index (χ3v) is 7.54. The molecule has 0 spiro atoms. The normalized spacial score (nSPS) is 19.1. The van der Waals surface area contributed by atoms with E-state index >= 15 is 0 Å². The number of carbonyl (C=O) groups is 4. The number of carbonyl (C=O) groups excluding carboxylic acids is 3. The second-order valence-electron chi connectivity index (χ2n) is 8.35. The number of carboxylic acids is 1. The molecule has 0 aromatic heterocycles. The van der Waals surface area contributed by atoms with Crippen molar-refractivity contribution in [1.82, 2.24) is 10.2 Å².